The number of hydrogen-bond donors (Lipinski definition) is 2. The molecule has 2 heterocycles. The highest BCUT2D eigenvalue weighted by molar-refractivity contribution is 9.10. The molecule has 2 N–H and O–H groups in total. The zero-order chi connectivity index (χ0) is 26.9. The molecule has 196 valence electrons. The molecule has 0 aliphatic carbocycles. The van der Waals surface area contributed by atoms with Crippen molar-refractivity contribution in [3.8, 4) is 5.88 Å². The molecular formula is C30H28BrClN2O4. The number of aliphatic hydroxyl groups is 1. The Morgan fingerprint density at radius 1 is 1.16 bits per heavy atom. The second-order valence-electron chi connectivity index (χ2n) is 9.79. The Bertz CT molecular complexity index is 1450. The monoisotopic (exact) mass is 594 g/mol. The Labute approximate surface area is 235 Å². The summed E-state index contributed by atoms with van der Waals surface area (Å²) in [6.45, 7) is 0.211. The molecule has 1 aromatic heterocycles. The van der Waals surface area contributed by atoms with E-state index in [1.165, 1.54) is 4.90 Å². The van der Waals surface area contributed by atoms with E-state index in [0.29, 0.717) is 17.3 Å². The first-order chi connectivity index (χ1) is 18.3. The fourth-order valence-electron chi connectivity index (χ4n) is 5.65. The minimum atomic E-state index is -1.27. The van der Waals surface area contributed by atoms with Gasteiger partial charge in [0.25, 0.3) is 0 Å². The number of carboxylic acid groups (broad SMARTS) is 1. The van der Waals surface area contributed by atoms with E-state index in [-0.39, 0.29) is 19.4 Å². The van der Waals surface area contributed by atoms with Crippen molar-refractivity contribution in [2.75, 3.05) is 13.7 Å². The molecule has 5 rings (SSSR count). The van der Waals surface area contributed by atoms with Crippen molar-refractivity contribution < 1.29 is 19.7 Å². The maximum atomic E-state index is 12.5. The van der Waals surface area contributed by atoms with Gasteiger partial charge in [0.1, 0.15) is 0 Å². The molecule has 3 aromatic carbocycles. The van der Waals surface area contributed by atoms with Gasteiger partial charge in [-0.1, -0.05) is 70.0 Å². The molecule has 0 spiro atoms. The van der Waals surface area contributed by atoms with Gasteiger partial charge in [-0.05, 0) is 66.8 Å². The lowest BCUT2D eigenvalue weighted by Gasteiger charge is -2.47. The van der Waals surface area contributed by atoms with Crippen LogP contribution in [-0.2, 0) is 6.42 Å². The molecule has 3 atom stereocenters. The van der Waals surface area contributed by atoms with Gasteiger partial charge in [-0.3, -0.25) is 0 Å². The number of rotatable bonds is 6. The van der Waals surface area contributed by atoms with Crippen LogP contribution < -0.4 is 4.74 Å². The Hall–Kier alpha value is -3.13. The lowest BCUT2D eigenvalue weighted by atomic mass is 9.70. The first kappa shape index (κ1) is 26.5. The zero-order valence-corrected chi connectivity index (χ0v) is 23.2. The maximum Gasteiger partial charge on any atom is 0.407 e. The van der Waals surface area contributed by atoms with Crippen molar-refractivity contribution in [3.63, 3.8) is 0 Å². The number of nitrogens with zero attached hydrogens (tertiary/aromatic N) is 2. The van der Waals surface area contributed by atoms with Gasteiger partial charge in [0, 0.05) is 38.9 Å². The first-order valence-corrected chi connectivity index (χ1v) is 13.6. The molecule has 0 radical (unpaired) electrons. The largest absolute Gasteiger partial charge is 0.481 e. The van der Waals surface area contributed by atoms with Crippen LogP contribution in [0.3, 0.4) is 0 Å². The lowest BCUT2D eigenvalue weighted by molar-refractivity contribution is -0.0516. The predicted octanol–water partition coefficient (Wildman–Crippen LogP) is 6.91. The van der Waals surface area contributed by atoms with Crippen LogP contribution in [0.1, 0.15) is 35.4 Å². The van der Waals surface area contributed by atoms with Crippen molar-refractivity contribution in [2.45, 2.75) is 36.8 Å². The molecule has 3 unspecified atom stereocenters. The molecule has 1 amide bonds. The van der Waals surface area contributed by atoms with Crippen LogP contribution >= 0.6 is 27.5 Å². The van der Waals surface area contributed by atoms with E-state index in [1.54, 1.807) is 19.2 Å². The number of benzene rings is 3. The summed E-state index contributed by atoms with van der Waals surface area (Å²) >= 11 is 9.77. The molecule has 1 aliphatic rings. The lowest BCUT2D eigenvalue weighted by Crippen LogP contribution is -2.55. The summed E-state index contributed by atoms with van der Waals surface area (Å²) in [6, 6.07) is 24.6. The average molecular weight is 596 g/mol. The normalized spacial score (nSPS) is 20.3. The van der Waals surface area contributed by atoms with Crippen molar-refractivity contribution in [1.29, 1.82) is 0 Å². The molecular weight excluding hydrogens is 568 g/mol. The Morgan fingerprint density at radius 2 is 1.89 bits per heavy atom. The van der Waals surface area contributed by atoms with Crippen LogP contribution in [0, 0.1) is 0 Å². The number of amides is 1. The molecule has 6 nitrogen and oxygen atoms in total. The van der Waals surface area contributed by atoms with Gasteiger partial charge in [-0.2, -0.15) is 0 Å². The summed E-state index contributed by atoms with van der Waals surface area (Å²) in [5, 5.41) is 23.9. The number of ether oxygens (including phenoxy) is 1. The van der Waals surface area contributed by atoms with Crippen molar-refractivity contribution in [2.24, 2.45) is 0 Å². The number of halogens is 2. The summed E-state index contributed by atoms with van der Waals surface area (Å²) in [7, 11) is 1.57. The zero-order valence-electron chi connectivity index (χ0n) is 20.8. The van der Waals surface area contributed by atoms with E-state index < -0.39 is 23.7 Å². The minimum absolute atomic E-state index is 0.211. The second-order valence-corrected chi connectivity index (χ2v) is 11.1. The third kappa shape index (κ3) is 5.37. The standard InChI is InChI=1S/C30H28BrClN2O4/c1-38-28-25(17-21-16-22(31)9-12-26(21)33-28)27(20-7-10-23(32)11-8-20)30(37)13-14-34(29(35)36)24(18-30)15-19-5-3-2-4-6-19/h2-12,16-17,24,27,37H,13-15,18H2,1H3,(H,35,36). The number of pyridine rings is 1. The number of carbonyl (C=O) groups is 1. The van der Waals surface area contributed by atoms with Gasteiger partial charge in [0.05, 0.1) is 18.2 Å². The van der Waals surface area contributed by atoms with Crippen LogP contribution in [0.5, 0.6) is 5.88 Å². The highest BCUT2D eigenvalue weighted by Crippen LogP contribution is 2.47. The van der Waals surface area contributed by atoms with E-state index in [9.17, 15) is 15.0 Å². The predicted molar refractivity (Wildman–Crippen MR) is 152 cm³/mol. The molecule has 0 saturated carbocycles. The maximum absolute atomic E-state index is 12.5. The highest BCUT2D eigenvalue weighted by atomic mass is 79.9. The molecule has 38 heavy (non-hydrogen) atoms. The van der Waals surface area contributed by atoms with Crippen LogP contribution in [-0.4, -0.2) is 51.5 Å². The fraction of sp³-hybridized carbons (Fsp3) is 0.267. The number of hydrogen-bond acceptors (Lipinski definition) is 4. The number of methoxy groups -OCH3 is 1. The molecule has 1 aliphatic heterocycles. The van der Waals surface area contributed by atoms with Crippen molar-refractivity contribution in [3.05, 3.63) is 105 Å². The number of aromatic nitrogens is 1. The topological polar surface area (TPSA) is 82.9 Å². The molecule has 0 bridgehead atoms. The molecule has 8 heteroatoms. The van der Waals surface area contributed by atoms with Gasteiger partial charge in [0.2, 0.25) is 5.88 Å². The smallest absolute Gasteiger partial charge is 0.407 e. The highest BCUT2D eigenvalue weighted by Gasteiger charge is 2.47. The van der Waals surface area contributed by atoms with Crippen LogP contribution in [0.15, 0.2) is 83.3 Å². The average Bonchev–Trinajstić information content (AvgIpc) is 2.90. The van der Waals surface area contributed by atoms with Gasteiger partial charge in [-0.25, -0.2) is 9.78 Å². The summed E-state index contributed by atoms with van der Waals surface area (Å²) in [5.74, 6) is -0.103. The van der Waals surface area contributed by atoms with Gasteiger partial charge in [-0.15, -0.1) is 0 Å². The Balaban J connectivity index is 1.64. The summed E-state index contributed by atoms with van der Waals surface area (Å²) < 4.78 is 6.68. The number of likely N-dealkylation sites (tertiary alicyclic amines) is 1. The quantitative estimate of drug-likeness (QED) is 0.253. The Kier molecular flexibility index (Phi) is 7.61. The third-order valence-electron chi connectivity index (χ3n) is 7.39. The molecule has 1 fully saturated rings. The Morgan fingerprint density at radius 3 is 2.58 bits per heavy atom. The number of fused-ring (bicyclic) bond motifs is 1. The second kappa shape index (κ2) is 10.9. The SMILES string of the molecule is COc1nc2ccc(Br)cc2cc1C(c1ccc(Cl)cc1)C1(O)CCN(C(=O)O)C(Cc2ccccc2)C1. The summed E-state index contributed by atoms with van der Waals surface area (Å²) in [6.07, 6.45) is 0.0347. The van der Waals surface area contributed by atoms with E-state index in [1.807, 2.05) is 66.7 Å². The van der Waals surface area contributed by atoms with E-state index in [2.05, 4.69) is 15.9 Å². The summed E-state index contributed by atoms with van der Waals surface area (Å²) in [4.78, 5) is 18.4. The molecule has 4 aromatic rings. The van der Waals surface area contributed by atoms with Crippen LogP contribution in [0.2, 0.25) is 5.02 Å². The number of piperidine rings is 1. The fourth-order valence-corrected chi connectivity index (χ4v) is 6.16. The van der Waals surface area contributed by atoms with Crippen molar-refractivity contribution >= 4 is 44.5 Å². The third-order valence-corrected chi connectivity index (χ3v) is 8.14. The van der Waals surface area contributed by atoms with Crippen molar-refractivity contribution in [1.82, 2.24) is 9.88 Å². The van der Waals surface area contributed by atoms with E-state index in [4.69, 9.17) is 21.3 Å². The summed E-state index contributed by atoms with van der Waals surface area (Å²) in [5.41, 5.74) is 2.12. The molecule has 1 saturated heterocycles. The van der Waals surface area contributed by atoms with Gasteiger partial charge in [0.15, 0.2) is 0 Å². The van der Waals surface area contributed by atoms with Crippen LogP contribution in [0.4, 0.5) is 4.79 Å². The van der Waals surface area contributed by atoms with Gasteiger partial charge >= 0.3 is 6.09 Å². The minimum Gasteiger partial charge on any atom is -0.481 e. The first-order valence-electron chi connectivity index (χ1n) is 12.4. The van der Waals surface area contributed by atoms with Gasteiger partial charge < -0.3 is 19.8 Å². The van der Waals surface area contributed by atoms with E-state index in [0.717, 1.165) is 32.1 Å². The van der Waals surface area contributed by atoms with E-state index >= 15 is 0 Å². The van der Waals surface area contributed by atoms with Crippen LogP contribution in [0.25, 0.3) is 10.9 Å².